The van der Waals surface area contributed by atoms with Gasteiger partial charge in [-0.1, -0.05) is 11.3 Å². The van der Waals surface area contributed by atoms with E-state index in [0.29, 0.717) is 17.5 Å². The summed E-state index contributed by atoms with van der Waals surface area (Å²) < 4.78 is 76.4. The number of amides is 1. The fourth-order valence-corrected chi connectivity index (χ4v) is 5.78. The maximum Gasteiger partial charge on any atom is 0.414 e. The Morgan fingerprint density at radius 3 is 2.51 bits per heavy atom. The van der Waals surface area contributed by atoms with E-state index >= 15 is 0 Å². The van der Waals surface area contributed by atoms with Crippen molar-refractivity contribution in [3.63, 3.8) is 0 Å². The van der Waals surface area contributed by atoms with E-state index in [4.69, 9.17) is 16.2 Å². The van der Waals surface area contributed by atoms with Crippen LogP contribution in [0.1, 0.15) is 34.5 Å². The molecule has 0 spiro atoms. The molecule has 1 unspecified atom stereocenters. The number of benzene rings is 2. The molecule has 4 aromatic rings. The summed E-state index contributed by atoms with van der Waals surface area (Å²) in [5.41, 5.74) is 6.22. The lowest BCUT2D eigenvalue weighted by Crippen LogP contribution is -2.52. The summed E-state index contributed by atoms with van der Waals surface area (Å²) in [5.74, 6) is -2.73. The number of carbonyl (C=O) groups is 1. The first kappa shape index (κ1) is 27.3. The van der Waals surface area contributed by atoms with Gasteiger partial charge in [-0.05, 0) is 61.2 Å². The molecule has 1 amide bonds. The first-order valence-corrected chi connectivity index (χ1v) is 13.3. The molecule has 1 saturated carbocycles. The van der Waals surface area contributed by atoms with Crippen molar-refractivity contribution in [3.05, 3.63) is 70.9 Å². The second kappa shape index (κ2) is 9.33. The van der Waals surface area contributed by atoms with Crippen LogP contribution in [0.5, 0.6) is 5.75 Å². The number of anilines is 1. The van der Waals surface area contributed by atoms with Crippen LogP contribution < -0.4 is 21.5 Å². The smallest absolute Gasteiger partial charge is 0.414 e. The molecule has 1 fully saturated rings. The normalized spacial score (nSPS) is 20.0. The van der Waals surface area contributed by atoms with Gasteiger partial charge < -0.3 is 26.6 Å². The van der Waals surface area contributed by atoms with Crippen LogP contribution in [-0.2, 0) is 11.1 Å². The average molecular weight is 592 g/mol. The average Bonchev–Trinajstić information content (AvgIpc) is 3.63. The van der Waals surface area contributed by atoms with E-state index in [-0.39, 0.29) is 38.9 Å². The minimum atomic E-state index is -4.91. The molecule has 1 aliphatic heterocycles. The van der Waals surface area contributed by atoms with Crippen LogP contribution in [-0.4, -0.2) is 40.3 Å². The van der Waals surface area contributed by atoms with E-state index in [1.54, 1.807) is 0 Å². The number of hydrogen-bond donors (Lipinski definition) is 4. The van der Waals surface area contributed by atoms with Gasteiger partial charge in [-0.3, -0.25) is 4.79 Å². The number of alkyl halides is 3. The molecule has 6 N–H and O–H groups in total. The molecule has 8 nitrogen and oxygen atoms in total. The van der Waals surface area contributed by atoms with E-state index in [9.17, 15) is 31.9 Å². The Balaban J connectivity index is 1.40. The number of ether oxygens (including phenoxy) is 1. The van der Waals surface area contributed by atoms with Crippen LogP contribution in [0.2, 0.25) is 0 Å². The Labute approximate surface area is 233 Å². The minimum Gasteiger partial charge on any atom is -0.488 e. The number of fused-ring (bicyclic) bond motifs is 2. The lowest BCUT2D eigenvalue weighted by atomic mass is 9.86. The highest BCUT2D eigenvalue weighted by molar-refractivity contribution is 7.22. The van der Waals surface area contributed by atoms with Crippen LogP contribution in [0, 0.1) is 17.6 Å². The molecule has 214 valence electrons. The topological polar surface area (TPSA) is 136 Å². The van der Waals surface area contributed by atoms with Crippen molar-refractivity contribution in [1.82, 2.24) is 15.3 Å². The number of nitrogens with one attached hydrogen (secondary N) is 1. The van der Waals surface area contributed by atoms with Crippen LogP contribution in [0.25, 0.3) is 21.5 Å². The quantitative estimate of drug-likeness (QED) is 0.245. The number of pyridine rings is 1. The van der Waals surface area contributed by atoms with Crippen molar-refractivity contribution >= 4 is 32.6 Å². The van der Waals surface area contributed by atoms with E-state index in [0.717, 1.165) is 35.6 Å². The fraction of sp³-hybridized carbons (Fsp3) is 0.296. The standard InChI is InChI=1S/C27H22F5N5O3S/c28-15-5-1-12(2-6-15)20-22-16(26(34,11-40-22)27(30,31)32)9-19(36-20)25(39,14-3-4-14)10-35-23(38)13-7-17(29)21-18(8-13)41-24(33)37-21/h1-2,5-9,14,39H,3-4,10-11,34H2,(H2,33,37)(H,35,38)/t25?,26-/m0/s1. The lowest BCUT2D eigenvalue weighted by molar-refractivity contribution is -0.191. The third-order valence-corrected chi connectivity index (χ3v) is 8.29. The van der Waals surface area contributed by atoms with E-state index in [2.05, 4.69) is 15.3 Å². The van der Waals surface area contributed by atoms with Crippen LogP contribution in [0.3, 0.4) is 0 Å². The van der Waals surface area contributed by atoms with Crippen LogP contribution in [0.4, 0.5) is 27.1 Å². The fourth-order valence-electron chi connectivity index (χ4n) is 4.99. The Kier molecular flexibility index (Phi) is 6.21. The van der Waals surface area contributed by atoms with Crippen molar-refractivity contribution in [2.75, 3.05) is 18.9 Å². The number of carbonyl (C=O) groups excluding carboxylic acids is 1. The van der Waals surface area contributed by atoms with Gasteiger partial charge in [-0.25, -0.2) is 18.7 Å². The van der Waals surface area contributed by atoms with E-state index in [1.165, 1.54) is 18.2 Å². The summed E-state index contributed by atoms with van der Waals surface area (Å²) >= 11 is 0.995. The van der Waals surface area contributed by atoms with Gasteiger partial charge in [-0.2, -0.15) is 13.2 Å². The van der Waals surface area contributed by atoms with Gasteiger partial charge >= 0.3 is 6.18 Å². The zero-order valence-corrected chi connectivity index (χ0v) is 21.9. The number of nitrogens with two attached hydrogens (primary N) is 2. The second-order valence-electron chi connectivity index (χ2n) is 10.2. The highest BCUT2D eigenvalue weighted by atomic mass is 32.1. The van der Waals surface area contributed by atoms with Gasteiger partial charge in [0.2, 0.25) is 0 Å². The molecule has 0 saturated heterocycles. The Morgan fingerprint density at radius 2 is 1.85 bits per heavy atom. The van der Waals surface area contributed by atoms with Crippen molar-refractivity contribution < 1.29 is 36.6 Å². The highest BCUT2D eigenvalue weighted by Crippen LogP contribution is 2.52. The highest BCUT2D eigenvalue weighted by Gasteiger charge is 2.59. The maximum atomic E-state index is 14.5. The number of rotatable bonds is 6. The predicted octanol–water partition coefficient (Wildman–Crippen LogP) is 4.36. The van der Waals surface area contributed by atoms with E-state index in [1.807, 2.05) is 0 Å². The summed E-state index contributed by atoms with van der Waals surface area (Å²) in [7, 11) is 0. The predicted molar refractivity (Wildman–Crippen MR) is 140 cm³/mol. The summed E-state index contributed by atoms with van der Waals surface area (Å²) in [4.78, 5) is 21.4. The van der Waals surface area contributed by atoms with Gasteiger partial charge in [0.15, 0.2) is 22.2 Å². The van der Waals surface area contributed by atoms with Gasteiger partial charge in [-0.15, -0.1) is 0 Å². The summed E-state index contributed by atoms with van der Waals surface area (Å²) in [6.45, 7) is -1.36. The number of halogens is 5. The van der Waals surface area contributed by atoms with Crippen molar-refractivity contribution in [3.8, 4) is 17.0 Å². The van der Waals surface area contributed by atoms with Crippen molar-refractivity contribution in [2.45, 2.75) is 30.2 Å². The number of nitrogen functional groups attached to an aromatic ring is 1. The van der Waals surface area contributed by atoms with Crippen molar-refractivity contribution in [2.24, 2.45) is 11.7 Å². The molecule has 6 rings (SSSR count). The molecule has 1 aliphatic carbocycles. The molecule has 14 heteroatoms. The molecule has 2 aromatic carbocycles. The Hall–Kier alpha value is -3.88. The second-order valence-corrected chi connectivity index (χ2v) is 11.3. The monoisotopic (exact) mass is 591 g/mol. The molecular weight excluding hydrogens is 569 g/mol. The molecule has 2 atom stereocenters. The summed E-state index contributed by atoms with van der Waals surface area (Å²) in [6, 6.07) is 8.32. The molecule has 0 bridgehead atoms. The summed E-state index contributed by atoms with van der Waals surface area (Å²) in [5, 5.41) is 14.6. The minimum absolute atomic E-state index is 0.0198. The molecule has 3 heterocycles. The molecule has 2 aromatic heterocycles. The molecule has 0 radical (unpaired) electrons. The van der Waals surface area contributed by atoms with Crippen LogP contribution in [0.15, 0.2) is 42.5 Å². The lowest BCUT2D eigenvalue weighted by Gasteiger charge is -2.31. The van der Waals surface area contributed by atoms with Gasteiger partial charge in [0, 0.05) is 16.7 Å². The number of hydrogen-bond acceptors (Lipinski definition) is 8. The maximum absolute atomic E-state index is 14.5. The summed E-state index contributed by atoms with van der Waals surface area (Å²) in [6.07, 6.45) is -3.88. The SMILES string of the molecule is Nc1nc2c(F)cc(C(=O)NCC(O)(c3cc4c(c(-c5ccc(F)cc5)n3)OC[C@@]4(N)C(F)(F)F)C3CC3)cc2s1. The van der Waals surface area contributed by atoms with E-state index < -0.39 is 59.5 Å². The Morgan fingerprint density at radius 1 is 1.15 bits per heavy atom. The van der Waals surface area contributed by atoms with Crippen LogP contribution >= 0.6 is 11.3 Å². The first-order chi connectivity index (χ1) is 19.3. The largest absolute Gasteiger partial charge is 0.488 e. The number of thiazole rings is 1. The van der Waals surface area contributed by atoms with Gasteiger partial charge in [0.25, 0.3) is 5.91 Å². The zero-order valence-electron chi connectivity index (χ0n) is 21.1. The zero-order chi connectivity index (χ0) is 29.3. The number of nitrogens with zero attached hydrogens (tertiary/aromatic N) is 2. The van der Waals surface area contributed by atoms with Crippen molar-refractivity contribution in [1.29, 1.82) is 0 Å². The van der Waals surface area contributed by atoms with Gasteiger partial charge in [0.1, 0.15) is 29.2 Å². The third-order valence-electron chi connectivity index (χ3n) is 7.46. The van der Waals surface area contributed by atoms with Gasteiger partial charge in [0.05, 0.1) is 16.9 Å². The number of aromatic nitrogens is 2. The molecular formula is C27H22F5N5O3S. The number of aliphatic hydroxyl groups is 1. The first-order valence-electron chi connectivity index (χ1n) is 12.5. The Bertz CT molecular complexity index is 1690. The molecule has 2 aliphatic rings. The molecule has 41 heavy (non-hydrogen) atoms. The third kappa shape index (κ3) is 4.55.